The van der Waals surface area contributed by atoms with E-state index < -0.39 is 5.92 Å². The third kappa shape index (κ3) is 4.05. The zero-order valence-corrected chi connectivity index (χ0v) is 16.3. The molecule has 1 aliphatic carbocycles. The largest absolute Gasteiger partial charge is 0.342 e. The molecule has 1 atom stereocenters. The first-order chi connectivity index (χ1) is 14.3. The van der Waals surface area contributed by atoms with Crippen molar-refractivity contribution in [2.45, 2.75) is 26.2 Å². The van der Waals surface area contributed by atoms with Crippen molar-refractivity contribution in [2.75, 3.05) is 5.32 Å². The number of nitrogens with one attached hydrogen (secondary N) is 1. The summed E-state index contributed by atoms with van der Waals surface area (Å²) in [6.45, 7) is 3.48. The van der Waals surface area contributed by atoms with E-state index in [0.29, 0.717) is 17.2 Å². The summed E-state index contributed by atoms with van der Waals surface area (Å²) in [5, 5.41) is 6.74. The molecular formula is C21H19F2N5O2. The van der Waals surface area contributed by atoms with E-state index in [2.05, 4.69) is 20.4 Å². The van der Waals surface area contributed by atoms with Crippen LogP contribution in [0.5, 0.6) is 0 Å². The molecule has 0 radical (unpaired) electrons. The number of aromatic nitrogens is 4. The molecule has 4 aromatic rings. The minimum Gasteiger partial charge on any atom is -0.342 e. The molecule has 9 heteroatoms. The van der Waals surface area contributed by atoms with Crippen molar-refractivity contribution in [1.82, 2.24) is 19.5 Å². The van der Waals surface area contributed by atoms with Crippen molar-refractivity contribution >= 4 is 17.2 Å². The number of carbonyl (C=O) groups is 1. The number of hydrogen-bond acceptors (Lipinski definition) is 5. The first kappa shape index (κ1) is 19.7. The molecule has 0 aliphatic heterocycles. The van der Waals surface area contributed by atoms with Crippen LogP contribution in [-0.4, -0.2) is 31.4 Å². The second-order valence-corrected chi connectivity index (χ2v) is 7.18. The van der Waals surface area contributed by atoms with Gasteiger partial charge in [0.1, 0.15) is 11.3 Å². The van der Waals surface area contributed by atoms with Gasteiger partial charge in [-0.25, -0.2) is 13.8 Å². The van der Waals surface area contributed by atoms with Gasteiger partial charge in [-0.1, -0.05) is 30.3 Å². The fraction of sp³-hybridized carbons (Fsp3) is 0.238. The molecular weight excluding hydrogens is 392 g/mol. The quantitative estimate of drug-likeness (QED) is 0.532. The van der Waals surface area contributed by atoms with Crippen molar-refractivity contribution in [3.05, 3.63) is 66.4 Å². The molecule has 3 aromatic heterocycles. The topological polar surface area (TPSA) is 85.3 Å². The summed E-state index contributed by atoms with van der Waals surface area (Å²) in [6.07, 6.45) is 4.74. The van der Waals surface area contributed by atoms with E-state index in [1.165, 1.54) is 6.39 Å². The van der Waals surface area contributed by atoms with Crippen LogP contribution in [0, 0.1) is 12.8 Å². The van der Waals surface area contributed by atoms with Gasteiger partial charge in [0.2, 0.25) is 12.2 Å². The van der Waals surface area contributed by atoms with Crippen molar-refractivity contribution in [3.63, 3.8) is 0 Å². The van der Waals surface area contributed by atoms with Crippen LogP contribution in [0.25, 0.3) is 17.0 Å². The van der Waals surface area contributed by atoms with Crippen molar-refractivity contribution in [1.29, 1.82) is 0 Å². The van der Waals surface area contributed by atoms with Crippen molar-refractivity contribution < 1.29 is 18.1 Å². The van der Waals surface area contributed by atoms with Gasteiger partial charge in [0.25, 0.3) is 11.8 Å². The maximum Gasteiger partial charge on any atom is 0.274 e. The summed E-state index contributed by atoms with van der Waals surface area (Å²) in [7, 11) is 0. The van der Waals surface area contributed by atoms with Crippen LogP contribution in [0.1, 0.15) is 29.4 Å². The summed E-state index contributed by atoms with van der Waals surface area (Å²) in [5.41, 5.74) is 3.58. The van der Waals surface area contributed by atoms with Crippen LogP contribution in [0.2, 0.25) is 0 Å². The van der Waals surface area contributed by atoms with E-state index in [1.54, 1.807) is 23.7 Å². The lowest BCUT2D eigenvalue weighted by Gasteiger charge is -2.09. The zero-order valence-electron chi connectivity index (χ0n) is 16.3. The summed E-state index contributed by atoms with van der Waals surface area (Å²) in [4.78, 5) is 20.9. The van der Waals surface area contributed by atoms with Crippen LogP contribution in [0.15, 0.2) is 59.7 Å². The van der Waals surface area contributed by atoms with E-state index in [1.807, 2.05) is 43.3 Å². The summed E-state index contributed by atoms with van der Waals surface area (Å²) >= 11 is 0. The average molecular weight is 411 g/mol. The summed E-state index contributed by atoms with van der Waals surface area (Å²) < 4.78 is 29.6. The molecule has 1 aromatic carbocycles. The molecule has 5 rings (SSSR count). The Hall–Kier alpha value is -3.62. The van der Waals surface area contributed by atoms with Crippen molar-refractivity contribution in [2.24, 2.45) is 5.92 Å². The van der Waals surface area contributed by atoms with Crippen LogP contribution < -0.4 is 5.32 Å². The molecule has 0 bridgehead atoms. The normalized spacial score (nSPS) is 16.6. The fourth-order valence-corrected chi connectivity index (χ4v) is 2.83. The highest BCUT2D eigenvalue weighted by atomic mass is 19.3. The monoisotopic (exact) mass is 411 g/mol. The van der Waals surface area contributed by atoms with Gasteiger partial charge in [-0.3, -0.25) is 9.20 Å². The van der Waals surface area contributed by atoms with Crippen LogP contribution in [0.3, 0.4) is 0 Å². The molecule has 1 fully saturated rings. The van der Waals surface area contributed by atoms with E-state index in [4.69, 9.17) is 4.52 Å². The van der Waals surface area contributed by atoms with Gasteiger partial charge in [0.05, 0.1) is 6.20 Å². The highest BCUT2D eigenvalue weighted by Crippen LogP contribution is 2.47. The fourth-order valence-electron chi connectivity index (χ4n) is 2.83. The van der Waals surface area contributed by atoms with E-state index in [0.717, 1.165) is 16.8 Å². The van der Waals surface area contributed by atoms with Gasteiger partial charge in [-0.05, 0) is 30.7 Å². The van der Waals surface area contributed by atoms with Crippen LogP contribution >= 0.6 is 0 Å². The lowest BCUT2D eigenvalue weighted by Crippen LogP contribution is -2.15. The molecule has 7 nitrogen and oxygen atoms in total. The maximum atomic E-state index is 12.6. The summed E-state index contributed by atoms with van der Waals surface area (Å²) in [5.74, 6) is -2.39. The lowest BCUT2D eigenvalue weighted by molar-refractivity contribution is 0.101. The number of amides is 1. The zero-order chi connectivity index (χ0) is 21.3. The predicted octanol–water partition coefficient (Wildman–Crippen LogP) is 4.61. The second-order valence-electron chi connectivity index (χ2n) is 7.18. The highest BCUT2D eigenvalue weighted by molar-refractivity contribution is 6.04. The SMILES string of the molecule is CC1CC1(F)F.Cc1ccc(-c2ncon2)cc1NC(=O)c1cnc2ccccn12. The van der Waals surface area contributed by atoms with Gasteiger partial charge in [0.15, 0.2) is 0 Å². The molecule has 154 valence electrons. The Morgan fingerprint density at radius 3 is 2.70 bits per heavy atom. The third-order valence-electron chi connectivity index (χ3n) is 4.89. The highest BCUT2D eigenvalue weighted by Gasteiger charge is 2.53. The molecule has 0 spiro atoms. The number of alkyl halides is 2. The Morgan fingerprint density at radius 1 is 1.27 bits per heavy atom. The molecule has 1 amide bonds. The molecule has 30 heavy (non-hydrogen) atoms. The number of pyridine rings is 1. The smallest absolute Gasteiger partial charge is 0.274 e. The maximum absolute atomic E-state index is 12.6. The van der Waals surface area contributed by atoms with Gasteiger partial charge in [-0.15, -0.1) is 0 Å². The number of benzene rings is 1. The van der Waals surface area contributed by atoms with Gasteiger partial charge in [0, 0.05) is 29.8 Å². The van der Waals surface area contributed by atoms with E-state index >= 15 is 0 Å². The Balaban J connectivity index is 0.000000313. The minimum absolute atomic E-state index is 0.104. The molecule has 1 N–H and O–H groups in total. The Bertz CT molecular complexity index is 1190. The van der Waals surface area contributed by atoms with Gasteiger partial charge in [-0.2, -0.15) is 4.98 Å². The average Bonchev–Trinajstić information content (AvgIpc) is 3.18. The van der Waals surface area contributed by atoms with Crippen LogP contribution in [-0.2, 0) is 0 Å². The van der Waals surface area contributed by atoms with Crippen LogP contribution in [0.4, 0.5) is 14.5 Å². The molecule has 1 aliphatic rings. The standard InChI is InChI=1S/C17H13N5O2.C4H6F2/c1-11-5-6-12(16-19-10-24-21-16)8-13(11)20-17(23)14-9-18-15-4-2-3-7-22(14)15;1-3-2-4(3,5)6/h2-10H,1H3,(H,20,23);3H,2H2,1H3. The number of halogens is 2. The number of aryl methyl sites for hydroxylation is 1. The Kier molecular flexibility index (Phi) is 5.03. The number of rotatable bonds is 3. The summed E-state index contributed by atoms with van der Waals surface area (Å²) in [6, 6.07) is 11.2. The minimum atomic E-state index is -2.29. The van der Waals surface area contributed by atoms with E-state index in [-0.39, 0.29) is 18.2 Å². The molecule has 0 saturated heterocycles. The Labute approximate surface area is 170 Å². The predicted molar refractivity (Wildman–Crippen MR) is 106 cm³/mol. The lowest BCUT2D eigenvalue weighted by atomic mass is 10.1. The number of carbonyl (C=O) groups excluding carboxylic acids is 1. The number of hydrogen-bond donors (Lipinski definition) is 1. The molecule has 1 saturated carbocycles. The second kappa shape index (κ2) is 7.66. The number of nitrogens with zero attached hydrogens (tertiary/aromatic N) is 4. The molecule has 1 unspecified atom stereocenters. The number of anilines is 1. The van der Waals surface area contributed by atoms with E-state index in [9.17, 15) is 13.6 Å². The third-order valence-corrected chi connectivity index (χ3v) is 4.89. The number of fused-ring (bicyclic) bond motifs is 1. The van der Waals surface area contributed by atoms with Gasteiger partial charge >= 0.3 is 0 Å². The first-order valence-corrected chi connectivity index (χ1v) is 9.34. The molecule has 3 heterocycles. The first-order valence-electron chi connectivity index (χ1n) is 9.34. The van der Waals surface area contributed by atoms with Gasteiger partial charge < -0.3 is 9.84 Å². The number of imidazole rings is 1. The van der Waals surface area contributed by atoms with Crippen molar-refractivity contribution in [3.8, 4) is 11.4 Å². The Morgan fingerprint density at radius 2 is 2.03 bits per heavy atom.